The Morgan fingerprint density at radius 2 is 2.00 bits per heavy atom. The largest absolute Gasteiger partial charge is 0.388 e. The van der Waals surface area contributed by atoms with Gasteiger partial charge in [-0.15, -0.1) is 0 Å². The van der Waals surface area contributed by atoms with Crippen LogP contribution in [0.25, 0.3) is 0 Å². The van der Waals surface area contributed by atoms with Gasteiger partial charge < -0.3 is 10.4 Å². The van der Waals surface area contributed by atoms with Crippen LogP contribution in [0.2, 0.25) is 0 Å². The Labute approximate surface area is 121 Å². The number of hydrogen-bond donors (Lipinski definition) is 2. The Kier molecular flexibility index (Phi) is 4.72. The first-order chi connectivity index (χ1) is 9.50. The summed E-state index contributed by atoms with van der Waals surface area (Å²) in [5, 5.41) is 23.6. The molecular formula is C13H18N2O4S. The summed E-state index contributed by atoms with van der Waals surface area (Å²) in [7, 11) is 0. The lowest BCUT2D eigenvalue weighted by Gasteiger charge is -2.26. The van der Waals surface area contributed by atoms with Crippen molar-refractivity contribution in [2.24, 2.45) is 0 Å². The molecule has 1 aliphatic carbocycles. The van der Waals surface area contributed by atoms with Gasteiger partial charge in [-0.1, -0.05) is 37.0 Å². The predicted molar refractivity (Wildman–Crippen MR) is 76.0 cm³/mol. The van der Waals surface area contributed by atoms with Gasteiger partial charge in [0, 0.05) is 12.6 Å². The van der Waals surface area contributed by atoms with Gasteiger partial charge in [0.15, 0.2) is 0 Å². The normalized spacial score (nSPS) is 18.2. The van der Waals surface area contributed by atoms with Crippen LogP contribution in [0, 0.1) is 10.1 Å². The average molecular weight is 298 g/mol. The number of aliphatic hydroxyl groups is 1. The van der Waals surface area contributed by atoms with E-state index in [1.807, 2.05) is 0 Å². The van der Waals surface area contributed by atoms with Gasteiger partial charge in [0.1, 0.15) is 0 Å². The fraction of sp³-hybridized carbons (Fsp3) is 0.615. The topological polar surface area (TPSA) is 92.5 Å². The Morgan fingerprint density at radius 3 is 2.55 bits per heavy atom. The molecule has 1 fully saturated rings. The van der Waals surface area contributed by atoms with Crippen LogP contribution in [-0.2, 0) is 0 Å². The summed E-state index contributed by atoms with van der Waals surface area (Å²) in [6.45, 7) is 0.206. The van der Waals surface area contributed by atoms with Crippen LogP contribution >= 0.6 is 11.3 Å². The van der Waals surface area contributed by atoms with Gasteiger partial charge in [-0.2, -0.15) is 0 Å². The fourth-order valence-electron chi connectivity index (χ4n) is 2.44. The van der Waals surface area contributed by atoms with E-state index >= 15 is 0 Å². The highest BCUT2D eigenvalue weighted by Crippen LogP contribution is 2.27. The highest BCUT2D eigenvalue weighted by Gasteiger charge is 2.28. The molecule has 7 heteroatoms. The van der Waals surface area contributed by atoms with Crippen molar-refractivity contribution in [3.63, 3.8) is 0 Å². The van der Waals surface area contributed by atoms with E-state index in [0.29, 0.717) is 17.7 Å². The molecule has 2 rings (SSSR count). The molecule has 110 valence electrons. The lowest BCUT2D eigenvalue weighted by Crippen LogP contribution is -2.42. The zero-order valence-corrected chi connectivity index (χ0v) is 11.9. The predicted octanol–water partition coefficient (Wildman–Crippen LogP) is 2.47. The number of thiophene rings is 1. The van der Waals surface area contributed by atoms with Crippen molar-refractivity contribution < 1.29 is 14.8 Å². The van der Waals surface area contributed by atoms with Crippen molar-refractivity contribution in [1.82, 2.24) is 5.32 Å². The molecule has 1 saturated carbocycles. The van der Waals surface area contributed by atoms with Crippen molar-refractivity contribution >= 4 is 22.2 Å². The van der Waals surface area contributed by atoms with E-state index in [4.69, 9.17) is 0 Å². The smallest absolute Gasteiger partial charge is 0.324 e. The van der Waals surface area contributed by atoms with E-state index in [1.54, 1.807) is 0 Å². The molecule has 1 aromatic heterocycles. The molecule has 0 unspecified atom stereocenters. The number of nitrogens with one attached hydrogen (secondary N) is 1. The third kappa shape index (κ3) is 3.77. The monoisotopic (exact) mass is 298 g/mol. The van der Waals surface area contributed by atoms with Crippen LogP contribution in [0.15, 0.2) is 12.1 Å². The Bertz CT molecular complexity index is 492. The Morgan fingerprint density at radius 1 is 1.35 bits per heavy atom. The van der Waals surface area contributed by atoms with Crippen LogP contribution in [0.4, 0.5) is 5.00 Å². The van der Waals surface area contributed by atoms with Gasteiger partial charge in [0.05, 0.1) is 15.4 Å². The highest BCUT2D eigenvalue weighted by atomic mass is 32.1. The number of nitro groups is 1. The molecule has 0 bridgehead atoms. The number of hydrogen-bond acceptors (Lipinski definition) is 5. The average Bonchev–Trinajstić information content (AvgIpc) is 2.81. The van der Waals surface area contributed by atoms with Crippen molar-refractivity contribution in [2.45, 2.75) is 44.1 Å². The van der Waals surface area contributed by atoms with E-state index in [0.717, 1.165) is 37.0 Å². The van der Waals surface area contributed by atoms with Gasteiger partial charge in [0.25, 0.3) is 5.91 Å². The first-order valence-electron chi connectivity index (χ1n) is 6.75. The minimum absolute atomic E-state index is 0.0525. The molecule has 2 N–H and O–H groups in total. The third-order valence-corrected chi connectivity index (χ3v) is 4.64. The van der Waals surface area contributed by atoms with E-state index in [2.05, 4.69) is 5.32 Å². The van der Waals surface area contributed by atoms with Crippen LogP contribution in [0.5, 0.6) is 0 Å². The number of rotatable bonds is 4. The second kappa shape index (κ2) is 6.32. The van der Waals surface area contributed by atoms with E-state index < -0.39 is 10.5 Å². The molecule has 6 nitrogen and oxygen atoms in total. The second-order valence-electron chi connectivity index (χ2n) is 5.22. The molecule has 0 radical (unpaired) electrons. The summed E-state index contributed by atoms with van der Waals surface area (Å²) in [6.07, 6.45) is 5.56. The second-order valence-corrected chi connectivity index (χ2v) is 6.28. The molecule has 0 aliphatic heterocycles. The summed E-state index contributed by atoms with van der Waals surface area (Å²) in [5.41, 5.74) is -0.838. The minimum atomic E-state index is -0.838. The molecule has 1 heterocycles. The molecule has 1 aromatic rings. The summed E-state index contributed by atoms with van der Waals surface area (Å²) in [6, 6.07) is 2.76. The van der Waals surface area contributed by atoms with E-state index in [-0.39, 0.29) is 17.5 Å². The zero-order valence-electron chi connectivity index (χ0n) is 11.1. The first-order valence-corrected chi connectivity index (χ1v) is 7.57. The van der Waals surface area contributed by atoms with E-state index in [9.17, 15) is 20.0 Å². The maximum atomic E-state index is 11.9. The lowest BCUT2D eigenvalue weighted by molar-refractivity contribution is -0.380. The Hall–Kier alpha value is -1.47. The SMILES string of the molecule is O=C(NCC1(O)CCCCCC1)c1ccc([N+](=O)[O-])s1. The minimum Gasteiger partial charge on any atom is -0.388 e. The van der Waals surface area contributed by atoms with Crippen molar-refractivity contribution in [3.05, 3.63) is 27.1 Å². The van der Waals surface area contributed by atoms with Crippen molar-refractivity contribution in [2.75, 3.05) is 6.54 Å². The summed E-state index contributed by atoms with van der Waals surface area (Å²) in [4.78, 5) is 22.3. The van der Waals surface area contributed by atoms with Gasteiger partial charge in [-0.3, -0.25) is 14.9 Å². The number of amides is 1. The fourth-order valence-corrected chi connectivity index (χ4v) is 3.18. The Balaban J connectivity index is 1.92. The number of carbonyl (C=O) groups excluding carboxylic acids is 1. The van der Waals surface area contributed by atoms with Gasteiger partial charge in [-0.25, -0.2) is 0 Å². The first kappa shape index (κ1) is 14.9. The highest BCUT2D eigenvalue weighted by molar-refractivity contribution is 7.17. The summed E-state index contributed by atoms with van der Waals surface area (Å²) < 4.78 is 0. The van der Waals surface area contributed by atoms with Gasteiger partial charge >= 0.3 is 5.00 Å². The third-order valence-electron chi connectivity index (χ3n) is 3.61. The standard InChI is InChI=1S/C13H18N2O4S/c16-12(10-5-6-11(20-10)15(18)19)14-9-13(17)7-3-1-2-4-8-13/h5-6,17H,1-4,7-9H2,(H,14,16). The molecule has 20 heavy (non-hydrogen) atoms. The van der Waals surface area contributed by atoms with Crippen molar-refractivity contribution in [1.29, 1.82) is 0 Å². The maximum Gasteiger partial charge on any atom is 0.324 e. The molecule has 0 saturated heterocycles. The molecule has 0 atom stereocenters. The quantitative estimate of drug-likeness (QED) is 0.507. The van der Waals surface area contributed by atoms with Gasteiger partial charge in [0.2, 0.25) is 0 Å². The van der Waals surface area contributed by atoms with Gasteiger partial charge in [-0.05, 0) is 18.9 Å². The van der Waals surface area contributed by atoms with Crippen LogP contribution in [0.1, 0.15) is 48.2 Å². The molecular weight excluding hydrogens is 280 g/mol. The molecule has 1 amide bonds. The lowest BCUT2D eigenvalue weighted by atomic mass is 9.94. The molecule has 1 aliphatic rings. The zero-order chi connectivity index (χ0) is 14.6. The van der Waals surface area contributed by atoms with E-state index in [1.165, 1.54) is 12.1 Å². The van der Waals surface area contributed by atoms with Crippen LogP contribution in [-0.4, -0.2) is 28.1 Å². The maximum absolute atomic E-state index is 11.9. The number of carbonyl (C=O) groups is 1. The summed E-state index contributed by atoms with van der Waals surface area (Å²) in [5.74, 6) is -0.360. The summed E-state index contributed by atoms with van der Waals surface area (Å²) >= 11 is 0.846. The molecule has 0 aromatic carbocycles. The van der Waals surface area contributed by atoms with Crippen LogP contribution < -0.4 is 5.32 Å². The molecule has 0 spiro atoms. The van der Waals surface area contributed by atoms with Crippen LogP contribution in [0.3, 0.4) is 0 Å². The number of nitrogens with zero attached hydrogens (tertiary/aromatic N) is 1. The van der Waals surface area contributed by atoms with Crippen molar-refractivity contribution in [3.8, 4) is 0 Å².